The topological polar surface area (TPSA) is 74.7 Å². The maximum atomic E-state index is 8.83. The van der Waals surface area contributed by atoms with Crippen molar-refractivity contribution in [3.63, 3.8) is 0 Å². The quantitative estimate of drug-likeness (QED) is 0.377. The maximum Gasteiger partial charge on any atom is 0.173 e. The Morgan fingerprint density at radius 3 is 2.89 bits per heavy atom. The van der Waals surface area contributed by atoms with Gasteiger partial charge < -0.3 is 15.8 Å². The lowest BCUT2D eigenvalue weighted by Gasteiger charge is -2.28. The predicted octanol–water partition coefficient (Wildman–Crippen LogP) is 2.19. The summed E-state index contributed by atoms with van der Waals surface area (Å²) in [5.41, 5.74) is 6.38. The molecule has 0 atom stereocenters. The molecule has 0 aliphatic heterocycles. The van der Waals surface area contributed by atoms with Crippen LogP contribution in [0.15, 0.2) is 23.5 Å². The molecule has 19 heavy (non-hydrogen) atoms. The van der Waals surface area contributed by atoms with Crippen molar-refractivity contribution >= 4 is 11.7 Å². The first-order valence-corrected chi connectivity index (χ1v) is 6.86. The summed E-state index contributed by atoms with van der Waals surface area (Å²) in [6.45, 7) is 0.975. The van der Waals surface area contributed by atoms with E-state index in [0.717, 1.165) is 18.3 Å². The van der Waals surface area contributed by atoms with Crippen LogP contribution in [0.25, 0.3) is 0 Å². The van der Waals surface area contributed by atoms with Crippen LogP contribution in [0.3, 0.4) is 0 Å². The van der Waals surface area contributed by atoms with Crippen molar-refractivity contribution in [2.75, 3.05) is 18.5 Å². The summed E-state index contributed by atoms with van der Waals surface area (Å²) >= 11 is 0. The van der Waals surface area contributed by atoms with Gasteiger partial charge in [0.1, 0.15) is 5.82 Å². The normalized spacial score (nSPS) is 17.4. The number of hydrogen-bond donors (Lipinski definition) is 2. The second-order valence-electron chi connectivity index (χ2n) is 5.24. The summed E-state index contributed by atoms with van der Waals surface area (Å²) in [5, 5.41) is 11.9. The molecule has 1 aliphatic rings. The van der Waals surface area contributed by atoms with E-state index < -0.39 is 0 Å². The van der Waals surface area contributed by atoms with Gasteiger partial charge in [-0.25, -0.2) is 4.98 Å². The van der Waals surface area contributed by atoms with Gasteiger partial charge in [-0.05, 0) is 30.9 Å². The standard InChI is InChI=1S/C14H22N4O/c1-18(10-11-6-3-2-4-7-11)14-12(13(15)17-19)8-5-9-16-14/h5,8-9,11,19H,2-4,6-7,10H2,1H3,(H2,15,17). The number of nitrogens with two attached hydrogens (primary N) is 1. The highest BCUT2D eigenvalue weighted by Gasteiger charge is 2.18. The van der Waals surface area contributed by atoms with E-state index in [0.29, 0.717) is 5.56 Å². The third kappa shape index (κ3) is 3.36. The summed E-state index contributed by atoms with van der Waals surface area (Å²) in [5.74, 6) is 1.61. The van der Waals surface area contributed by atoms with Crippen LogP contribution in [-0.4, -0.2) is 29.6 Å². The van der Waals surface area contributed by atoms with Gasteiger partial charge in [-0.3, -0.25) is 0 Å². The van der Waals surface area contributed by atoms with Gasteiger partial charge >= 0.3 is 0 Å². The van der Waals surface area contributed by atoms with Crippen molar-refractivity contribution in [3.8, 4) is 0 Å². The monoisotopic (exact) mass is 262 g/mol. The third-order valence-electron chi connectivity index (χ3n) is 3.79. The van der Waals surface area contributed by atoms with Crippen LogP contribution in [0.2, 0.25) is 0 Å². The molecule has 3 N–H and O–H groups in total. The minimum Gasteiger partial charge on any atom is -0.409 e. The minimum atomic E-state index is 0.110. The molecule has 1 heterocycles. The average molecular weight is 262 g/mol. The molecule has 0 spiro atoms. The molecule has 5 heteroatoms. The fourth-order valence-corrected chi connectivity index (χ4v) is 2.80. The molecule has 0 unspecified atom stereocenters. The van der Waals surface area contributed by atoms with Crippen LogP contribution >= 0.6 is 0 Å². The van der Waals surface area contributed by atoms with Gasteiger partial charge in [0.05, 0.1) is 5.56 Å². The number of nitrogens with zero attached hydrogens (tertiary/aromatic N) is 3. The molecular formula is C14H22N4O. The Bertz CT molecular complexity index is 441. The van der Waals surface area contributed by atoms with E-state index >= 15 is 0 Å². The minimum absolute atomic E-state index is 0.110. The van der Waals surface area contributed by atoms with E-state index in [1.807, 2.05) is 13.1 Å². The highest BCUT2D eigenvalue weighted by atomic mass is 16.4. The summed E-state index contributed by atoms with van der Waals surface area (Å²) < 4.78 is 0. The van der Waals surface area contributed by atoms with E-state index in [1.54, 1.807) is 12.3 Å². The third-order valence-corrected chi connectivity index (χ3v) is 3.79. The molecule has 0 bridgehead atoms. The molecule has 0 amide bonds. The van der Waals surface area contributed by atoms with Gasteiger partial charge in [0.15, 0.2) is 5.84 Å². The first kappa shape index (κ1) is 13.6. The van der Waals surface area contributed by atoms with Crippen LogP contribution in [0.4, 0.5) is 5.82 Å². The van der Waals surface area contributed by atoms with Crippen molar-refractivity contribution in [1.29, 1.82) is 0 Å². The van der Waals surface area contributed by atoms with E-state index in [-0.39, 0.29) is 5.84 Å². The van der Waals surface area contributed by atoms with Gasteiger partial charge in [-0.2, -0.15) is 0 Å². The molecule has 1 aliphatic carbocycles. The van der Waals surface area contributed by atoms with E-state index in [4.69, 9.17) is 10.9 Å². The highest BCUT2D eigenvalue weighted by molar-refractivity contribution is 6.01. The zero-order chi connectivity index (χ0) is 13.7. The SMILES string of the molecule is CN(CC1CCCCC1)c1ncccc1/C(N)=N/O. The fourth-order valence-electron chi connectivity index (χ4n) is 2.80. The first-order chi connectivity index (χ1) is 9.22. The molecule has 0 saturated heterocycles. The lowest BCUT2D eigenvalue weighted by atomic mass is 9.89. The van der Waals surface area contributed by atoms with Gasteiger partial charge in [0.25, 0.3) is 0 Å². The molecule has 0 aromatic carbocycles. The van der Waals surface area contributed by atoms with E-state index in [2.05, 4.69) is 15.0 Å². The Hall–Kier alpha value is -1.78. The summed E-state index contributed by atoms with van der Waals surface area (Å²) in [7, 11) is 2.02. The van der Waals surface area contributed by atoms with Crippen LogP contribution in [0.1, 0.15) is 37.7 Å². The first-order valence-electron chi connectivity index (χ1n) is 6.86. The van der Waals surface area contributed by atoms with Crippen molar-refractivity contribution in [1.82, 2.24) is 4.98 Å². The Morgan fingerprint density at radius 1 is 1.47 bits per heavy atom. The Labute approximate surface area is 114 Å². The van der Waals surface area contributed by atoms with E-state index in [1.165, 1.54) is 32.1 Å². The number of rotatable bonds is 4. The molecule has 104 valence electrons. The maximum absolute atomic E-state index is 8.83. The number of hydrogen-bond acceptors (Lipinski definition) is 4. The Morgan fingerprint density at radius 2 is 2.21 bits per heavy atom. The van der Waals surface area contributed by atoms with Crippen molar-refractivity contribution in [2.24, 2.45) is 16.8 Å². The lowest BCUT2D eigenvalue weighted by molar-refractivity contribution is 0.318. The van der Waals surface area contributed by atoms with Crippen LogP contribution < -0.4 is 10.6 Å². The van der Waals surface area contributed by atoms with Gasteiger partial charge in [-0.1, -0.05) is 24.4 Å². The fraction of sp³-hybridized carbons (Fsp3) is 0.571. The number of pyridine rings is 1. The van der Waals surface area contributed by atoms with E-state index in [9.17, 15) is 0 Å². The number of aromatic nitrogens is 1. The van der Waals surface area contributed by atoms with Crippen molar-refractivity contribution < 1.29 is 5.21 Å². The Balaban J connectivity index is 2.11. The molecule has 1 aromatic rings. The predicted molar refractivity (Wildman–Crippen MR) is 76.6 cm³/mol. The van der Waals surface area contributed by atoms with Crippen LogP contribution in [0, 0.1) is 5.92 Å². The highest BCUT2D eigenvalue weighted by Crippen LogP contribution is 2.26. The van der Waals surface area contributed by atoms with Crippen LogP contribution in [-0.2, 0) is 0 Å². The number of oxime groups is 1. The zero-order valence-corrected chi connectivity index (χ0v) is 11.4. The molecule has 0 radical (unpaired) electrons. The zero-order valence-electron chi connectivity index (χ0n) is 11.4. The lowest BCUT2D eigenvalue weighted by Crippen LogP contribution is -2.30. The van der Waals surface area contributed by atoms with Gasteiger partial charge in [0, 0.05) is 19.8 Å². The Kier molecular flexibility index (Phi) is 4.60. The largest absolute Gasteiger partial charge is 0.409 e. The van der Waals surface area contributed by atoms with Crippen LogP contribution in [0.5, 0.6) is 0 Å². The van der Waals surface area contributed by atoms with Crippen molar-refractivity contribution in [3.05, 3.63) is 23.9 Å². The molecule has 2 rings (SSSR count). The molecular weight excluding hydrogens is 240 g/mol. The summed E-state index contributed by atoms with van der Waals surface area (Å²) in [6.07, 6.45) is 8.33. The molecule has 1 saturated carbocycles. The number of amidine groups is 1. The van der Waals surface area contributed by atoms with Crippen molar-refractivity contribution in [2.45, 2.75) is 32.1 Å². The van der Waals surface area contributed by atoms with Gasteiger partial charge in [-0.15, -0.1) is 0 Å². The second-order valence-corrected chi connectivity index (χ2v) is 5.24. The smallest absolute Gasteiger partial charge is 0.173 e. The second kappa shape index (κ2) is 6.41. The molecule has 1 fully saturated rings. The summed E-state index contributed by atoms with van der Waals surface area (Å²) in [6, 6.07) is 3.63. The molecule has 1 aromatic heterocycles. The average Bonchev–Trinajstić information content (AvgIpc) is 2.47. The molecule has 5 nitrogen and oxygen atoms in total. The summed E-state index contributed by atoms with van der Waals surface area (Å²) in [4.78, 5) is 6.48. The van der Waals surface area contributed by atoms with Gasteiger partial charge in [0.2, 0.25) is 0 Å². The number of anilines is 1.